The van der Waals surface area contributed by atoms with Crippen LogP contribution in [0.2, 0.25) is 0 Å². The zero-order valence-electron chi connectivity index (χ0n) is 15.5. The topological polar surface area (TPSA) is 68.4 Å². The van der Waals surface area contributed by atoms with E-state index in [0.29, 0.717) is 34.4 Å². The number of thioether (sulfide) groups is 1. The summed E-state index contributed by atoms with van der Waals surface area (Å²) < 4.78 is 1.74. The molecule has 1 saturated carbocycles. The van der Waals surface area contributed by atoms with Gasteiger partial charge in [0.25, 0.3) is 5.56 Å². The number of quaternary nitrogens is 1. The first-order chi connectivity index (χ1) is 12.6. The second-order valence-corrected chi connectivity index (χ2v) is 7.65. The molecule has 0 unspecified atom stereocenters. The Balaban J connectivity index is 1.83. The summed E-state index contributed by atoms with van der Waals surface area (Å²) in [5, 5.41) is 4.25. The number of hydrogen-bond donors (Lipinski definition) is 2. The van der Waals surface area contributed by atoms with Crippen LogP contribution in [0.1, 0.15) is 26.7 Å². The highest BCUT2D eigenvalue weighted by Crippen LogP contribution is 2.20. The molecule has 1 fully saturated rings. The predicted molar refractivity (Wildman–Crippen MR) is 105 cm³/mol. The Bertz CT molecular complexity index is 828. The van der Waals surface area contributed by atoms with Gasteiger partial charge in [-0.1, -0.05) is 23.9 Å². The third-order valence-corrected chi connectivity index (χ3v) is 5.77. The van der Waals surface area contributed by atoms with E-state index in [9.17, 15) is 9.59 Å². The first kappa shape index (κ1) is 18.9. The summed E-state index contributed by atoms with van der Waals surface area (Å²) in [6.45, 7) is 7.84. The lowest BCUT2D eigenvalue weighted by molar-refractivity contribution is -0.897. The Morgan fingerprint density at radius 1 is 1.31 bits per heavy atom. The first-order valence-electron chi connectivity index (χ1n) is 9.37. The molecule has 0 radical (unpaired) electrons. The van der Waals surface area contributed by atoms with Crippen LogP contribution in [0.4, 0.5) is 0 Å². The maximum atomic E-state index is 13.0. The van der Waals surface area contributed by atoms with Gasteiger partial charge in [0.15, 0.2) is 5.16 Å². The van der Waals surface area contributed by atoms with Crippen LogP contribution in [0, 0.1) is 0 Å². The summed E-state index contributed by atoms with van der Waals surface area (Å²) in [6.07, 6.45) is 2.14. The molecule has 0 bridgehead atoms. The van der Waals surface area contributed by atoms with Crippen molar-refractivity contribution in [3.63, 3.8) is 0 Å². The van der Waals surface area contributed by atoms with E-state index in [-0.39, 0.29) is 11.5 Å². The number of benzene rings is 1. The average molecular weight is 376 g/mol. The SMILES string of the molecule is CC[NH+](CC)CCn1c(SCC(=O)NC2CC2)nc2ccccc2c1=O. The molecule has 0 aliphatic heterocycles. The molecular formula is C19H27N4O2S+. The molecule has 2 N–H and O–H groups in total. The van der Waals surface area contributed by atoms with Crippen molar-refractivity contribution >= 4 is 28.6 Å². The van der Waals surface area contributed by atoms with E-state index in [1.165, 1.54) is 16.7 Å². The number of fused-ring (bicyclic) bond motifs is 1. The number of amides is 1. The highest BCUT2D eigenvalue weighted by atomic mass is 32.2. The summed E-state index contributed by atoms with van der Waals surface area (Å²) >= 11 is 1.35. The molecule has 6 nitrogen and oxygen atoms in total. The summed E-state index contributed by atoms with van der Waals surface area (Å²) in [5.74, 6) is 0.306. The van der Waals surface area contributed by atoms with Gasteiger partial charge in [0.05, 0.1) is 42.8 Å². The van der Waals surface area contributed by atoms with Crippen molar-refractivity contribution in [2.45, 2.75) is 44.4 Å². The zero-order valence-corrected chi connectivity index (χ0v) is 16.3. The van der Waals surface area contributed by atoms with E-state index < -0.39 is 0 Å². The fraction of sp³-hybridized carbons (Fsp3) is 0.526. The van der Waals surface area contributed by atoms with Crippen LogP contribution < -0.4 is 15.8 Å². The Morgan fingerprint density at radius 2 is 2.04 bits per heavy atom. The van der Waals surface area contributed by atoms with Gasteiger partial charge >= 0.3 is 0 Å². The van der Waals surface area contributed by atoms with Crippen molar-refractivity contribution in [3.05, 3.63) is 34.6 Å². The Hall–Kier alpha value is -1.86. The van der Waals surface area contributed by atoms with Gasteiger partial charge in [-0.15, -0.1) is 0 Å². The van der Waals surface area contributed by atoms with E-state index in [2.05, 4.69) is 24.1 Å². The lowest BCUT2D eigenvalue weighted by atomic mass is 10.2. The largest absolute Gasteiger partial charge is 0.353 e. The molecule has 0 atom stereocenters. The Kier molecular flexibility index (Phi) is 6.32. The van der Waals surface area contributed by atoms with Crippen LogP contribution in [0.5, 0.6) is 0 Å². The smallest absolute Gasteiger partial charge is 0.262 e. The molecule has 1 amide bonds. The molecule has 1 aromatic carbocycles. The zero-order chi connectivity index (χ0) is 18.5. The van der Waals surface area contributed by atoms with Crippen molar-refractivity contribution in [1.29, 1.82) is 0 Å². The molecule has 26 heavy (non-hydrogen) atoms. The molecule has 1 heterocycles. The quantitative estimate of drug-likeness (QED) is 0.500. The van der Waals surface area contributed by atoms with Crippen molar-refractivity contribution < 1.29 is 9.69 Å². The van der Waals surface area contributed by atoms with Crippen LogP contribution in [0.25, 0.3) is 10.9 Å². The molecule has 3 rings (SSSR count). The van der Waals surface area contributed by atoms with Gasteiger partial charge in [0.1, 0.15) is 0 Å². The minimum atomic E-state index is -0.0211. The van der Waals surface area contributed by atoms with Crippen LogP contribution in [-0.2, 0) is 11.3 Å². The number of nitrogens with zero attached hydrogens (tertiary/aromatic N) is 2. The van der Waals surface area contributed by atoms with Crippen LogP contribution in [0.15, 0.2) is 34.2 Å². The monoisotopic (exact) mass is 375 g/mol. The van der Waals surface area contributed by atoms with E-state index in [4.69, 9.17) is 0 Å². The number of para-hydroxylation sites is 1. The number of aromatic nitrogens is 2. The molecule has 1 aromatic heterocycles. The number of hydrogen-bond acceptors (Lipinski definition) is 4. The van der Waals surface area contributed by atoms with Crippen molar-refractivity contribution in [1.82, 2.24) is 14.9 Å². The second-order valence-electron chi connectivity index (χ2n) is 6.71. The third-order valence-electron chi connectivity index (χ3n) is 4.79. The lowest BCUT2D eigenvalue weighted by Crippen LogP contribution is -3.11. The van der Waals surface area contributed by atoms with Gasteiger partial charge in [-0.05, 0) is 38.8 Å². The number of carbonyl (C=O) groups excluding carboxylic acids is 1. The van der Waals surface area contributed by atoms with Gasteiger partial charge < -0.3 is 10.2 Å². The minimum absolute atomic E-state index is 0.0147. The molecule has 2 aromatic rings. The van der Waals surface area contributed by atoms with E-state index in [1.54, 1.807) is 4.57 Å². The summed E-state index contributed by atoms with van der Waals surface area (Å²) in [6, 6.07) is 7.76. The highest BCUT2D eigenvalue weighted by Gasteiger charge is 2.23. The summed E-state index contributed by atoms with van der Waals surface area (Å²) in [7, 11) is 0. The van der Waals surface area contributed by atoms with Gasteiger partial charge in [-0.25, -0.2) is 4.98 Å². The van der Waals surface area contributed by atoms with Gasteiger partial charge in [-0.2, -0.15) is 0 Å². The summed E-state index contributed by atoms with van der Waals surface area (Å²) in [5.41, 5.74) is 0.668. The number of nitrogens with one attached hydrogen (secondary N) is 2. The molecule has 140 valence electrons. The molecule has 0 saturated heterocycles. The predicted octanol–water partition coefficient (Wildman–Crippen LogP) is 0.692. The standard InChI is InChI=1S/C19H26N4O2S/c1-3-22(4-2)11-12-23-18(25)15-7-5-6-8-16(15)21-19(23)26-13-17(24)20-14-9-10-14/h5-8,14H,3-4,9-13H2,1-2H3,(H,20,24)/p+1. The van der Waals surface area contributed by atoms with Gasteiger partial charge in [0.2, 0.25) is 5.91 Å². The van der Waals surface area contributed by atoms with Crippen molar-refractivity contribution in [3.8, 4) is 0 Å². The van der Waals surface area contributed by atoms with E-state index >= 15 is 0 Å². The van der Waals surface area contributed by atoms with E-state index in [0.717, 1.165) is 32.5 Å². The minimum Gasteiger partial charge on any atom is -0.353 e. The Morgan fingerprint density at radius 3 is 2.73 bits per heavy atom. The maximum Gasteiger partial charge on any atom is 0.262 e. The average Bonchev–Trinajstić information content (AvgIpc) is 3.46. The van der Waals surface area contributed by atoms with Gasteiger partial charge in [0, 0.05) is 6.04 Å². The highest BCUT2D eigenvalue weighted by molar-refractivity contribution is 7.99. The number of carbonyl (C=O) groups is 1. The van der Waals surface area contributed by atoms with Gasteiger partial charge in [-0.3, -0.25) is 14.2 Å². The molecule has 7 heteroatoms. The number of likely N-dealkylation sites (N-methyl/N-ethyl adjacent to an activating group) is 1. The summed E-state index contributed by atoms with van der Waals surface area (Å²) in [4.78, 5) is 31.1. The fourth-order valence-corrected chi connectivity index (χ4v) is 3.79. The molecule has 1 aliphatic carbocycles. The van der Waals surface area contributed by atoms with Crippen LogP contribution in [0.3, 0.4) is 0 Å². The van der Waals surface area contributed by atoms with Crippen molar-refractivity contribution in [2.75, 3.05) is 25.4 Å². The Labute approximate surface area is 158 Å². The fourth-order valence-electron chi connectivity index (χ4n) is 2.96. The maximum absolute atomic E-state index is 13.0. The second kappa shape index (κ2) is 8.68. The normalized spacial score (nSPS) is 14.1. The van der Waals surface area contributed by atoms with E-state index in [1.807, 2.05) is 24.3 Å². The van der Waals surface area contributed by atoms with Crippen LogP contribution in [-0.4, -0.2) is 46.9 Å². The molecular weight excluding hydrogens is 348 g/mol. The van der Waals surface area contributed by atoms with Crippen molar-refractivity contribution in [2.24, 2.45) is 0 Å². The molecule has 0 spiro atoms. The lowest BCUT2D eigenvalue weighted by Gasteiger charge is -2.18. The molecule has 1 aliphatic rings. The van der Waals surface area contributed by atoms with Crippen LogP contribution >= 0.6 is 11.8 Å². The third kappa shape index (κ3) is 4.65. The number of rotatable bonds is 9. The first-order valence-corrected chi connectivity index (χ1v) is 10.4.